The van der Waals surface area contributed by atoms with Crippen molar-refractivity contribution in [3.8, 4) is 11.5 Å². The molecule has 0 aliphatic rings. The second-order valence-corrected chi connectivity index (χ2v) is 8.90. The monoisotopic (exact) mass is 418 g/mol. The first-order valence-corrected chi connectivity index (χ1v) is 10.8. The zero-order chi connectivity index (χ0) is 20.3. The van der Waals surface area contributed by atoms with E-state index in [9.17, 15) is 13.2 Å². The van der Waals surface area contributed by atoms with Gasteiger partial charge in [-0.25, -0.2) is 13.4 Å². The van der Waals surface area contributed by atoms with Crippen LogP contribution in [-0.2, 0) is 14.6 Å². The first-order chi connectivity index (χ1) is 13.3. The van der Waals surface area contributed by atoms with Crippen molar-refractivity contribution in [1.29, 1.82) is 0 Å². The van der Waals surface area contributed by atoms with Gasteiger partial charge < -0.3 is 9.47 Å². The number of fused-ring (bicyclic) bond motifs is 1. The Morgan fingerprint density at radius 3 is 2.54 bits per heavy atom. The fraction of sp³-hybridized carbons (Fsp3) is 0.158. The highest BCUT2D eigenvalue weighted by atomic mass is 32.2. The maximum atomic E-state index is 12.2. The van der Waals surface area contributed by atoms with E-state index in [1.807, 2.05) is 0 Å². The first kappa shape index (κ1) is 19.8. The second-order valence-electron chi connectivity index (χ2n) is 5.86. The maximum Gasteiger partial charge on any atom is 0.250 e. The summed E-state index contributed by atoms with van der Waals surface area (Å²) in [6.07, 6.45) is 4.18. The summed E-state index contributed by atoms with van der Waals surface area (Å²) in [5.41, 5.74) is 1.39. The van der Waals surface area contributed by atoms with Gasteiger partial charge in [-0.3, -0.25) is 10.1 Å². The minimum atomic E-state index is -3.30. The molecular formula is C19H18N2O5S2. The molecule has 146 valence electrons. The number of methoxy groups -OCH3 is 2. The maximum absolute atomic E-state index is 12.2. The van der Waals surface area contributed by atoms with Crippen LogP contribution in [0.4, 0.5) is 5.13 Å². The highest BCUT2D eigenvalue weighted by Gasteiger charge is 2.11. The molecule has 1 amide bonds. The minimum Gasteiger partial charge on any atom is -0.493 e. The van der Waals surface area contributed by atoms with Gasteiger partial charge in [-0.1, -0.05) is 17.4 Å². The largest absolute Gasteiger partial charge is 0.493 e. The van der Waals surface area contributed by atoms with E-state index in [0.29, 0.717) is 26.8 Å². The van der Waals surface area contributed by atoms with Crippen LogP contribution in [0.25, 0.3) is 16.3 Å². The molecule has 0 spiro atoms. The zero-order valence-electron chi connectivity index (χ0n) is 15.4. The van der Waals surface area contributed by atoms with Gasteiger partial charge in [0.1, 0.15) is 0 Å². The van der Waals surface area contributed by atoms with E-state index in [0.717, 1.165) is 11.8 Å². The lowest BCUT2D eigenvalue weighted by Gasteiger charge is -2.07. The van der Waals surface area contributed by atoms with Crippen LogP contribution in [0, 0.1) is 0 Å². The molecule has 0 unspecified atom stereocenters. The third kappa shape index (κ3) is 4.49. The number of hydrogen-bond donors (Lipinski definition) is 1. The summed E-state index contributed by atoms with van der Waals surface area (Å²) in [6.45, 7) is 0. The number of amides is 1. The Bertz CT molecular complexity index is 1170. The number of carbonyl (C=O) groups is 1. The van der Waals surface area contributed by atoms with Crippen molar-refractivity contribution < 1.29 is 22.7 Å². The Kier molecular flexibility index (Phi) is 5.66. The van der Waals surface area contributed by atoms with Crippen LogP contribution in [0.3, 0.4) is 0 Å². The van der Waals surface area contributed by atoms with Gasteiger partial charge in [0.2, 0.25) is 5.91 Å². The number of aromatic nitrogens is 1. The molecule has 0 saturated heterocycles. The average Bonchev–Trinajstić information content (AvgIpc) is 3.06. The summed E-state index contributed by atoms with van der Waals surface area (Å²) in [6, 6.07) is 9.99. The molecule has 1 aromatic heterocycles. The molecule has 0 saturated carbocycles. The van der Waals surface area contributed by atoms with Crippen molar-refractivity contribution in [3.05, 3.63) is 48.0 Å². The van der Waals surface area contributed by atoms with Crippen molar-refractivity contribution in [3.63, 3.8) is 0 Å². The number of nitrogens with zero attached hydrogens (tertiary/aromatic N) is 1. The van der Waals surface area contributed by atoms with Gasteiger partial charge in [-0.15, -0.1) is 0 Å². The lowest BCUT2D eigenvalue weighted by molar-refractivity contribution is -0.111. The van der Waals surface area contributed by atoms with E-state index in [1.54, 1.807) is 50.6 Å². The lowest BCUT2D eigenvalue weighted by atomic mass is 10.2. The van der Waals surface area contributed by atoms with Gasteiger partial charge in [-0.2, -0.15) is 0 Å². The van der Waals surface area contributed by atoms with Crippen LogP contribution in [0.5, 0.6) is 11.5 Å². The van der Waals surface area contributed by atoms with Gasteiger partial charge >= 0.3 is 0 Å². The molecule has 0 aliphatic carbocycles. The number of hydrogen-bond acceptors (Lipinski definition) is 7. The number of nitrogens with one attached hydrogen (secondary N) is 1. The van der Waals surface area contributed by atoms with Crippen LogP contribution in [-0.4, -0.2) is 39.8 Å². The van der Waals surface area contributed by atoms with E-state index >= 15 is 0 Å². The predicted molar refractivity (Wildman–Crippen MR) is 110 cm³/mol. The molecule has 0 fully saturated rings. The molecule has 9 heteroatoms. The number of benzene rings is 2. The number of carbonyl (C=O) groups excluding carboxylic acids is 1. The third-order valence-corrected chi connectivity index (χ3v) is 5.90. The SMILES string of the molecule is COc1ccc(/C=C/C(=O)Nc2nc3ccc(S(C)(=O)=O)cc3s2)cc1OC. The van der Waals surface area contributed by atoms with Crippen LogP contribution in [0.2, 0.25) is 0 Å². The summed E-state index contributed by atoms with van der Waals surface area (Å²) in [4.78, 5) is 16.7. The van der Waals surface area contributed by atoms with Gasteiger partial charge in [0.15, 0.2) is 26.5 Å². The van der Waals surface area contributed by atoms with Crippen molar-refractivity contribution in [2.45, 2.75) is 4.90 Å². The molecule has 0 bridgehead atoms. The van der Waals surface area contributed by atoms with Crippen LogP contribution < -0.4 is 14.8 Å². The standard InChI is InChI=1S/C19H18N2O5S2/c1-25-15-8-4-12(10-16(15)26-2)5-9-18(22)21-19-20-14-7-6-13(28(3,23)24)11-17(14)27-19/h4-11H,1-3H3,(H,20,21,22)/b9-5+. The number of sulfone groups is 1. The minimum absolute atomic E-state index is 0.217. The zero-order valence-corrected chi connectivity index (χ0v) is 17.1. The van der Waals surface area contributed by atoms with E-state index in [2.05, 4.69) is 10.3 Å². The quantitative estimate of drug-likeness (QED) is 0.617. The lowest BCUT2D eigenvalue weighted by Crippen LogP contribution is -2.07. The van der Waals surface area contributed by atoms with E-state index in [1.165, 1.54) is 23.5 Å². The third-order valence-electron chi connectivity index (χ3n) is 3.85. The summed E-state index contributed by atoms with van der Waals surface area (Å²) < 4.78 is 34.4. The molecule has 3 rings (SSSR count). The number of anilines is 1. The van der Waals surface area contributed by atoms with Crippen LogP contribution >= 0.6 is 11.3 Å². The van der Waals surface area contributed by atoms with Crippen molar-refractivity contribution in [1.82, 2.24) is 4.98 Å². The average molecular weight is 418 g/mol. The van der Waals surface area contributed by atoms with E-state index < -0.39 is 9.84 Å². The normalized spacial score (nSPS) is 11.7. The molecular weight excluding hydrogens is 400 g/mol. The van der Waals surface area contributed by atoms with Gasteiger partial charge in [0.25, 0.3) is 0 Å². The Morgan fingerprint density at radius 1 is 1.11 bits per heavy atom. The fourth-order valence-electron chi connectivity index (χ4n) is 2.46. The van der Waals surface area contributed by atoms with Crippen molar-refractivity contribution >= 4 is 48.5 Å². The Hall–Kier alpha value is -2.91. The molecule has 7 nitrogen and oxygen atoms in total. The van der Waals surface area contributed by atoms with Crippen LogP contribution in [0.15, 0.2) is 47.4 Å². The summed E-state index contributed by atoms with van der Waals surface area (Å²) >= 11 is 1.21. The Morgan fingerprint density at radius 2 is 1.86 bits per heavy atom. The topological polar surface area (TPSA) is 94.6 Å². The summed E-state index contributed by atoms with van der Waals surface area (Å²) in [7, 11) is -0.202. The predicted octanol–water partition coefficient (Wildman–Crippen LogP) is 3.37. The van der Waals surface area contributed by atoms with Gasteiger partial charge in [-0.05, 0) is 42.0 Å². The number of thiazole rings is 1. The molecule has 1 heterocycles. The van der Waals surface area contributed by atoms with Gasteiger partial charge in [0.05, 0.1) is 29.3 Å². The summed E-state index contributed by atoms with van der Waals surface area (Å²) in [5.74, 6) is 0.821. The Balaban J connectivity index is 1.75. The van der Waals surface area contributed by atoms with Gasteiger partial charge in [0, 0.05) is 12.3 Å². The smallest absolute Gasteiger partial charge is 0.250 e. The van der Waals surface area contributed by atoms with Crippen molar-refractivity contribution in [2.75, 3.05) is 25.8 Å². The van der Waals surface area contributed by atoms with E-state index in [-0.39, 0.29) is 10.8 Å². The number of rotatable bonds is 6. The molecule has 0 atom stereocenters. The fourth-order valence-corrected chi connectivity index (χ4v) is 4.09. The molecule has 0 aliphatic heterocycles. The first-order valence-electron chi connectivity index (χ1n) is 8.12. The molecule has 0 radical (unpaired) electrons. The number of ether oxygens (including phenoxy) is 2. The van der Waals surface area contributed by atoms with Crippen molar-refractivity contribution in [2.24, 2.45) is 0 Å². The molecule has 3 aromatic rings. The second kappa shape index (κ2) is 7.99. The highest BCUT2D eigenvalue weighted by molar-refractivity contribution is 7.90. The summed E-state index contributed by atoms with van der Waals surface area (Å²) in [5, 5.41) is 3.08. The molecule has 2 aromatic carbocycles. The Labute approximate surface area is 166 Å². The highest BCUT2D eigenvalue weighted by Crippen LogP contribution is 2.29. The molecule has 28 heavy (non-hydrogen) atoms. The molecule has 1 N–H and O–H groups in total. The van der Waals surface area contributed by atoms with Crippen LogP contribution in [0.1, 0.15) is 5.56 Å². The van der Waals surface area contributed by atoms with E-state index in [4.69, 9.17) is 9.47 Å².